The zero-order chi connectivity index (χ0) is 15.5. The Balaban J connectivity index is 1.97. The number of hydrogen-bond acceptors (Lipinski definition) is 3. The summed E-state index contributed by atoms with van der Waals surface area (Å²) in [6, 6.07) is 10.1. The van der Waals surface area contributed by atoms with E-state index in [1.54, 1.807) is 36.4 Å². The van der Waals surface area contributed by atoms with Gasteiger partial charge >= 0.3 is 0 Å². The quantitative estimate of drug-likeness (QED) is 0.694. The summed E-state index contributed by atoms with van der Waals surface area (Å²) in [6.07, 6.45) is 0. The second-order valence-corrected chi connectivity index (χ2v) is 5.92. The molecule has 4 rings (SSSR count). The van der Waals surface area contributed by atoms with E-state index in [0.717, 1.165) is 0 Å². The standard InChI is InChI=1S/C15H9Cl2N3O2/c16-8-5-6-9(17)12-11(8)15(14(22)18-12)19-10-4-2-1-3-7(10)13(21)20-15/h1-6,19H,(H,18,22)(H,20,21). The number of nitrogens with one attached hydrogen (secondary N) is 3. The summed E-state index contributed by atoms with van der Waals surface area (Å²) in [5.41, 5.74) is 0.404. The number of benzene rings is 2. The van der Waals surface area contributed by atoms with E-state index in [0.29, 0.717) is 32.5 Å². The van der Waals surface area contributed by atoms with Crippen molar-refractivity contribution in [3.05, 3.63) is 57.6 Å². The van der Waals surface area contributed by atoms with Gasteiger partial charge in [-0.05, 0) is 24.3 Å². The van der Waals surface area contributed by atoms with Crippen LogP contribution >= 0.6 is 23.2 Å². The van der Waals surface area contributed by atoms with Gasteiger partial charge in [-0.15, -0.1) is 0 Å². The van der Waals surface area contributed by atoms with Crippen molar-refractivity contribution >= 4 is 46.4 Å². The summed E-state index contributed by atoms with van der Waals surface area (Å²) >= 11 is 12.4. The second kappa shape index (κ2) is 4.38. The molecule has 0 saturated carbocycles. The largest absolute Gasteiger partial charge is 0.350 e. The van der Waals surface area contributed by atoms with E-state index < -0.39 is 11.6 Å². The Morgan fingerprint density at radius 2 is 1.64 bits per heavy atom. The maximum Gasteiger partial charge on any atom is 0.276 e. The van der Waals surface area contributed by atoms with Crippen molar-refractivity contribution in [1.29, 1.82) is 0 Å². The molecule has 22 heavy (non-hydrogen) atoms. The first-order valence-electron chi connectivity index (χ1n) is 6.52. The molecule has 0 radical (unpaired) electrons. The zero-order valence-electron chi connectivity index (χ0n) is 11.0. The van der Waals surface area contributed by atoms with Gasteiger partial charge in [-0.2, -0.15) is 0 Å². The Kier molecular flexibility index (Phi) is 2.67. The molecular formula is C15H9Cl2N3O2. The van der Waals surface area contributed by atoms with Crippen molar-refractivity contribution in [2.75, 3.05) is 10.6 Å². The molecule has 1 unspecified atom stereocenters. The Hall–Kier alpha value is -2.24. The molecular weight excluding hydrogens is 325 g/mol. The molecule has 0 fully saturated rings. The van der Waals surface area contributed by atoms with E-state index in [2.05, 4.69) is 16.0 Å². The van der Waals surface area contributed by atoms with E-state index in [-0.39, 0.29) is 5.91 Å². The van der Waals surface area contributed by atoms with Gasteiger partial charge < -0.3 is 16.0 Å². The van der Waals surface area contributed by atoms with E-state index in [4.69, 9.17) is 23.2 Å². The molecule has 5 nitrogen and oxygen atoms in total. The summed E-state index contributed by atoms with van der Waals surface area (Å²) in [4.78, 5) is 25.0. The average Bonchev–Trinajstić information content (AvgIpc) is 2.77. The highest BCUT2D eigenvalue weighted by atomic mass is 35.5. The lowest BCUT2D eigenvalue weighted by atomic mass is 9.95. The first-order valence-corrected chi connectivity index (χ1v) is 7.28. The monoisotopic (exact) mass is 333 g/mol. The number of anilines is 2. The highest BCUT2D eigenvalue weighted by Crippen LogP contribution is 2.46. The number of amides is 2. The molecule has 0 aliphatic carbocycles. The van der Waals surface area contributed by atoms with Crippen LogP contribution in [0.5, 0.6) is 0 Å². The lowest BCUT2D eigenvalue weighted by Gasteiger charge is -2.35. The Bertz CT molecular complexity index is 853. The smallest absolute Gasteiger partial charge is 0.276 e. The average molecular weight is 334 g/mol. The van der Waals surface area contributed by atoms with Crippen LogP contribution in [0, 0.1) is 0 Å². The van der Waals surface area contributed by atoms with E-state index in [9.17, 15) is 9.59 Å². The summed E-state index contributed by atoms with van der Waals surface area (Å²) in [6.45, 7) is 0. The maximum absolute atomic E-state index is 12.6. The van der Waals surface area contributed by atoms with Gasteiger partial charge in [-0.3, -0.25) is 9.59 Å². The van der Waals surface area contributed by atoms with Crippen LogP contribution in [0.2, 0.25) is 10.0 Å². The molecule has 2 amide bonds. The number of hydrogen-bond donors (Lipinski definition) is 3. The molecule has 0 saturated heterocycles. The number of rotatable bonds is 0. The zero-order valence-corrected chi connectivity index (χ0v) is 12.5. The van der Waals surface area contributed by atoms with Crippen LogP contribution in [0.25, 0.3) is 0 Å². The van der Waals surface area contributed by atoms with Crippen molar-refractivity contribution in [2.45, 2.75) is 5.66 Å². The van der Waals surface area contributed by atoms with Crippen molar-refractivity contribution in [3.63, 3.8) is 0 Å². The molecule has 2 aromatic carbocycles. The summed E-state index contributed by atoms with van der Waals surface area (Å²) < 4.78 is 0. The number of carbonyl (C=O) groups excluding carboxylic acids is 2. The molecule has 2 aromatic rings. The van der Waals surface area contributed by atoms with Gasteiger partial charge in [-0.25, -0.2) is 0 Å². The third-order valence-corrected chi connectivity index (χ3v) is 4.48. The van der Waals surface area contributed by atoms with Crippen molar-refractivity contribution in [3.8, 4) is 0 Å². The van der Waals surface area contributed by atoms with Crippen LogP contribution in [0.3, 0.4) is 0 Å². The minimum Gasteiger partial charge on any atom is -0.350 e. The van der Waals surface area contributed by atoms with Crippen molar-refractivity contribution in [1.82, 2.24) is 5.32 Å². The molecule has 7 heteroatoms. The minimum absolute atomic E-state index is 0.338. The molecule has 2 aliphatic rings. The molecule has 2 heterocycles. The second-order valence-electron chi connectivity index (χ2n) is 5.11. The number of para-hydroxylation sites is 1. The van der Waals surface area contributed by atoms with Gasteiger partial charge in [0, 0.05) is 5.69 Å². The predicted molar refractivity (Wildman–Crippen MR) is 84.3 cm³/mol. The fourth-order valence-corrected chi connectivity index (χ4v) is 3.36. The summed E-state index contributed by atoms with van der Waals surface area (Å²) in [7, 11) is 0. The van der Waals surface area contributed by atoms with E-state index in [1.807, 2.05) is 0 Å². The molecule has 0 bridgehead atoms. The summed E-state index contributed by atoms with van der Waals surface area (Å²) in [5, 5.41) is 9.19. The fraction of sp³-hybridized carbons (Fsp3) is 0.0667. The van der Waals surface area contributed by atoms with E-state index >= 15 is 0 Å². The van der Waals surface area contributed by atoms with Crippen LogP contribution < -0.4 is 16.0 Å². The summed E-state index contributed by atoms with van der Waals surface area (Å²) in [5.74, 6) is -0.784. The molecule has 110 valence electrons. The first kappa shape index (κ1) is 13.4. The third kappa shape index (κ3) is 1.60. The SMILES string of the molecule is O=C1NC2(Nc3ccccc31)C(=O)Nc1c(Cl)ccc(Cl)c12. The Morgan fingerprint density at radius 3 is 2.45 bits per heavy atom. The highest BCUT2D eigenvalue weighted by Gasteiger charge is 2.53. The van der Waals surface area contributed by atoms with E-state index in [1.165, 1.54) is 0 Å². The fourth-order valence-electron chi connectivity index (χ4n) is 2.86. The predicted octanol–water partition coefficient (Wildman–Crippen LogP) is 2.95. The maximum atomic E-state index is 12.6. The number of fused-ring (bicyclic) bond motifs is 3. The van der Waals surface area contributed by atoms with Gasteiger partial charge in [0.2, 0.25) is 5.66 Å². The first-order chi connectivity index (χ1) is 10.5. The van der Waals surface area contributed by atoms with Gasteiger partial charge in [0.05, 0.1) is 26.9 Å². The minimum atomic E-state index is -1.46. The van der Waals surface area contributed by atoms with Crippen LogP contribution in [-0.2, 0) is 10.5 Å². The Morgan fingerprint density at radius 1 is 0.909 bits per heavy atom. The van der Waals surface area contributed by atoms with Crippen molar-refractivity contribution < 1.29 is 9.59 Å². The van der Waals surface area contributed by atoms with Crippen molar-refractivity contribution in [2.24, 2.45) is 0 Å². The van der Waals surface area contributed by atoms with Crippen LogP contribution in [0.15, 0.2) is 36.4 Å². The lowest BCUT2D eigenvalue weighted by Crippen LogP contribution is -2.59. The van der Waals surface area contributed by atoms with Crippen LogP contribution in [-0.4, -0.2) is 11.8 Å². The van der Waals surface area contributed by atoms with Gasteiger partial charge in [0.25, 0.3) is 11.8 Å². The highest BCUT2D eigenvalue weighted by molar-refractivity contribution is 6.38. The molecule has 3 N–H and O–H groups in total. The van der Waals surface area contributed by atoms with Gasteiger partial charge in [0.15, 0.2) is 0 Å². The molecule has 2 aliphatic heterocycles. The molecule has 0 aromatic heterocycles. The topological polar surface area (TPSA) is 70.2 Å². The number of carbonyl (C=O) groups is 2. The lowest BCUT2D eigenvalue weighted by molar-refractivity contribution is -0.120. The third-order valence-electron chi connectivity index (χ3n) is 3.85. The van der Waals surface area contributed by atoms with Gasteiger partial charge in [0.1, 0.15) is 0 Å². The van der Waals surface area contributed by atoms with Crippen LogP contribution in [0.1, 0.15) is 15.9 Å². The molecule has 1 spiro atoms. The normalized spacial score (nSPS) is 21.7. The van der Waals surface area contributed by atoms with Crippen LogP contribution in [0.4, 0.5) is 11.4 Å². The molecule has 1 atom stereocenters. The Labute approximate surface area is 135 Å². The number of halogens is 2. The van der Waals surface area contributed by atoms with Gasteiger partial charge in [-0.1, -0.05) is 35.3 Å².